The van der Waals surface area contributed by atoms with Gasteiger partial charge in [0.15, 0.2) is 5.01 Å². The van der Waals surface area contributed by atoms with E-state index in [-0.39, 0.29) is 28.4 Å². The second kappa shape index (κ2) is 11.8. The van der Waals surface area contributed by atoms with E-state index in [1.807, 2.05) is 11.0 Å². The second-order valence-electron chi connectivity index (χ2n) is 11.2. The highest BCUT2D eigenvalue weighted by atomic mass is 32.2. The number of piperidine rings is 1. The molecule has 0 bridgehead atoms. The van der Waals surface area contributed by atoms with Gasteiger partial charge in [-0.25, -0.2) is 30.7 Å². The van der Waals surface area contributed by atoms with Gasteiger partial charge in [-0.15, -0.1) is 10.2 Å². The Labute approximate surface area is 254 Å². The highest BCUT2D eigenvalue weighted by Crippen LogP contribution is 2.38. The number of hydrogen-bond acceptors (Lipinski definition) is 10. The van der Waals surface area contributed by atoms with Crippen molar-refractivity contribution in [2.24, 2.45) is 5.92 Å². The van der Waals surface area contributed by atoms with Gasteiger partial charge in [0.2, 0.25) is 21.1 Å². The van der Waals surface area contributed by atoms with Crippen molar-refractivity contribution in [1.29, 1.82) is 5.26 Å². The lowest BCUT2D eigenvalue weighted by Gasteiger charge is -2.39. The Balaban J connectivity index is 1.26. The molecule has 1 N–H and O–H groups in total. The SMILES string of the molecule is N#CC1(NS(=O)(=O)c2cc(N3CCN(C(=O)C4CCN(CC(F)F)CC4)CC3)c3cnn(-c4nnc(C(F)F)s4)c3c2)CC1. The van der Waals surface area contributed by atoms with Crippen LogP contribution in [0.2, 0.25) is 0 Å². The first kappa shape index (κ1) is 30.6. The van der Waals surface area contributed by atoms with Crippen LogP contribution in [0.3, 0.4) is 0 Å². The molecule has 0 spiro atoms. The van der Waals surface area contributed by atoms with E-state index in [4.69, 9.17) is 0 Å². The number of aromatic nitrogens is 4. The van der Waals surface area contributed by atoms with Crippen molar-refractivity contribution < 1.29 is 30.8 Å². The molecule has 3 aromatic rings. The number of carbonyl (C=O) groups is 1. The summed E-state index contributed by atoms with van der Waals surface area (Å²) < 4.78 is 82.6. The van der Waals surface area contributed by atoms with E-state index in [9.17, 15) is 36.0 Å². The van der Waals surface area contributed by atoms with Crippen molar-refractivity contribution >= 4 is 43.9 Å². The number of rotatable bonds is 9. The molecule has 1 saturated carbocycles. The van der Waals surface area contributed by atoms with Crippen molar-refractivity contribution in [3.05, 3.63) is 23.3 Å². The summed E-state index contributed by atoms with van der Waals surface area (Å²) in [5, 5.41) is 21.2. The van der Waals surface area contributed by atoms with Crippen molar-refractivity contribution in [1.82, 2.24) is 34.5 Å². The minimum absolute atomic E-state index is 0.0165. The first-order valence-electron chi connectivity index (χ1n) is 14.1. The number of sulfonamides is 1. The van der Waals surface area contributed by atoms with E-state index in [1.165, 1.54) is 23.0 Å². The fourth-order valence-corrected chi connectivity index (χ4v) is 7.80. The molecule has 2 aromatic heterocycles. The number of anilines is 1. The number of likely N-dealkylation sites (tertiary alicyclic amines) is 1. The number of carbonyl (C=O) groups excluding carboxylic acids is 1. The van der Waals surface area contributed by atoms with Crippen LogP contribution in [0.25, 0.3) is 16.0 Å². The van der Waals surface area contributed by atoms with E-state index in [0.717, 1.165) is 0 Å². The largest absolute Gasteiger partial charge is 0.367 e. The highest BCUT2D eigenvalue weighted by Gasteiger charge is 2.47. The summed E-state index contributed by atoms with van der Waals surface area (Å²) in [5.74, 6) is -0.253. The van der Waals surface area contributed by atoms with Crippen LogP contribution in [0, 0.1) is 17.2 Å². The van der Waals surface area contributed by atoms with Gasteiger partial charge in [0.1, 0.15) is 5.54 Å². The third-order valence-electron chi connectivity index (χ3n) is 8.31. The number of nitrogens with one attached hydrogen (secondary N) is 1. The zero-order valence-corrected chi connectivity index (χ0v) is 25.0. The van der Waals surface area contributed by atoms with Crippen molar-refractivity contribution in [2.75, 3.05) is 50.7 Å². The van der Waals surface area contributed by atoms with Crippen LogP contribution < -0.4 is 9.62 Å². The third-order valence-corrected chi connectivity index (χ3v) is 10.7. The lowest BCUT2D eigenvalue weighted by molar-refractivity contribution is -0.137. The molecule has 6 rings (SSSR count). The number of benzene rings is 1. The highest BCUT2D eigenvalue weighted by molar-refractivity contribution is 7.89. The van der Waals surface area contributed by atoms with Gasteiger partial charge in [0.05, 0.1) is 29.2 Å². The molecule has 4 heterocycles. The molecule has 2 saturated heterocycles. The van der Waals surface area contributed by atoms with Crippen LogP contribution in [0.15, 0.2) is 23.2 Å². The zero-order chi connectivity index (χ0) is 31.2. The first-order valence-corrected chi connectivity index (χ1v) is 16.4. The van der Waals surface area contributed by atoms with Crippen LogP contribution in [-0.4, -0.2) is 102 Å². The first-order chi connectivity index (χ1) is 21.0. The fraction of sp³-hybridized carbons (Fsp3) is 0.577. The quantitative estimate of drug-likeness (QED) is 0.345. The predicted molar refractivity (Wildman–Crippen MR) is 151 cm³/mol. The van der Waals surface area contributed by atoms with Gasteiger partial charge in [-0.2, -0.15) is 15.1 Å². The predicted octanol–water partition coefficient (Wildman–Crippen LogP) is 2.77. The standard InChI is InChI=1S/C26H29F4N9O3S2/c27-21(28)14-36-5-1-16(2-6-36)24(40)38-9-7-37(8-10-38)19-11-17(44(41,42)35-26(15-31)3-4-26)12-20-18(19)13-32-39(20)25-34-33-23(43-25)22(29)30/h11-13,16,21-22,35H,1-10,14H2. The number of fused-ring (bicyclic) bond motifs is 1. The molecule has 236 valence electrons. The lowest BCUT2D eigenvalue weighted by atomic mass is 9.95. The van der Waals surface area contributed by atoms with E-state index < -0.39 is 33.4 Å². The van der Waals surface area contributed by atoms with Gasteiger partial charge >= 0.3 is 0 Å². The minimum Gasteiger partial charge on any atom is -0.367 e. The molecule has 0 radical (unpaired) electrons. The summed E-state index contributed by atoms with van der Waals surface area (Å²) in [6.07, 6.45) is -1.93. The summed E-state index contributed by atoms with van der Waals surface area (Å²) in [4.78, 5) is 18.5. The topological polar surface area (TPSA) is 140 Å². The summed E-state index contributed by atoms with van der Waals surface area (Å²) in [6, 6.07) is 4.87. The lowest BCUT2D eigenvalue weighted by Crippen LogP contribution is -2.52. The van der Waals surface area contributed by atoms with Gasteiger partial charge in [-0.3, -0.25) is 9.69 Å². The van der Waals surface area contributed by atoms with Crippen molar-refractivity contribution in [3.8, 4) is 11.2 Å². The molecule has 1 amide bonds. The number of hydrogen-bond donors (Lipinski definition) is 1. The van der Waals surface area contributed by atoms with Gasteiger partial charge in [0.25, 0.3) is 12.9 Å². The third kappa shape index (κ3) is 6.10. The summed E-state index contributed by atoms with van der Waals surface area (Å²) in [6.45, 7) is 2.09. The van der Waals surface area contributed by atoms with Gasteiger partial charge in [0, 0.05) is 43.2 Å². The molecule has 0 unspecified atom stereocenters. The Kier molecular flexibility index (Phi) is 8.24. The number of alkyl halides is 4. The van der Waals surface area contributed by atoms with Crippen molar-refractivity contribution in [2.45, 2.75) is 49.0 Å². The van der Waals surface area contributed by atoms with Crippen LogP contribution in [0.1, 0.15) is 37.1 Å². The molecule has 12 nitrogen and oxygen atoms in total. The maximum absolute atomic E-state index is 13.5. The molecule has 2 aliphatic heterocycles. The molecule has 1 aliphatic carbocycles. The van der Waals surface area contributed by atoms with Crippen LogP contribution in [0.5, 0.6) is 0 Å². The Morgan fingerprint density at radius 1 is 1.09 bits per heavy atom. The molecule has 44 heavy (non-hydrogen) atoms. The summed E-state index contributed by atoms with van der Waals surface area (Å²) >= 11 is 0.634. The van der Waals surface area contributed by atoms with E-state index >= 15 is 0 Å². The Morgan fingerprint density at radius 2 is 1.80 bits per heavy atom. The average Bonchev–Trinajstić information content (AvgIpc) is 3.37. The number of halogens is 4. The van der Waals surface area contributed by atoms with Crippen LogP contribution >= 0.6 is 11.3 Å². The second-order valence-corrected chi connectivity index (χ2v) is 13.9. The smallest absolute Gasteiger partial charge is 0.291 e. The van der Waals surface area contributed by atoms with E-state index in [0.29, 0.717) is 92.9 Å². The Bertz CT molecular complexity index is 1690. The van der Waals surface area contributed by atoms with E-state index in [2.05, 4.69) is 20.0 Å². The van der Waals surface area contributed by atoms with Gasteiger partial charge in [-0.05, 0) is 50.9 Å². The van der Waals surface area contributed by atoms with Gasteiger partial charge < -0.3 is 9.80 Å². The molecule has 18 heteroatoms. The molecular weight excluding hydrogens is 626 g/mol. The number of nitriles is 1. The van der Waals surface area contributed by atoms with Crippen LogP contribution in [0.4, 0.5) is 23.2 Å². The minimum atomic E-state index is -4.16. The molecule has 3 aliphatic rings. The zero-order valence-electron chi connectivity index (χ0n) is 23.4. The van der Waals surface area contributed by atoms with Gasteiger partial charge in [-0.1, -0.05) is 11.3 Å². The number of piperazine rings is 1. The average molecular weight is 656 g/mol. The molecule has 1 aromatic carbocycles. The molecule has 0 atom stereocenters. The Hall–Kier alpha value is -3.40. The number of amides is 1. The van der Waals surface area contributed by atoms with E-state index in [1.54, 1.807) is 9.80 Å². The molecular formula is C26H29F4N9O3S2. The van der Waals surface area contributed by atoms with Crippen LogP contribution in [-0.2, 0) is 14.8 Å². The summed E-state index contributed by atoms with van der Waals surface area (Å²) in [7, 11) is -4.16. The fourth-order valence-electron chi connectivity index (χ4n) is 5.71. The monoisotopic (exact) mass is 655 g/mol. The normalized spacial score (nSPS) is 19.7. The molecule has 3 fully saturated rings. The Morgan fingerprint density at radius 3 is 2.39 bits per heavy atom. The summed E-state index contributed by atoms with van der Waals surface area (Å²) in [5.41, 5.74) is -0.348. The van der Waals surface area contributed by atoms with Crippen molar-refractivity contribution in [3.63, 3.8) is 0 Å². The maximum Gasteiger partial charge on any atom is 0.291 e. The maximum atomic E-state index is 13.5. The number of nitrogens with zero attached hydrogens (tertiary/aromatic N) is 8.